The minimum Gasteiger partial charge on any atom is -0.356 e. The van der Waals surface area contributed by atoms with Crippen LogP contribution in [-0.4, -0.2) is 18.0 Å². The first-order valence-electron chi connectivity index (χ1n) is 5.03. The molecule has 0 spiro atoms. The summed E-state index contributed by atoms with van der Waals surface area (Å²) in [4.78, 5) is 11.3. The summed E-state index contributed by atoms with van der Waals surface area (Å²) in [7, 11) is 0. The van der Waals surface area contributed by atoms with Crippen molar-refractivity contribution in [3.05, 3.63) is 0 Å². The van der Waals surface area contributed by atoms with Crippen molar-refractivity contribution in [2.75, 3.05) is 6.54 Å². The number of carbonyl (C=O) groups is 1. The van der Waals surface area contributed by atoms with E-state index in [-0.39, 0.29) is 11.4 Å². The van der Waals surface area contributed by atoms with Gasteiger partial charge in [-0.15, -0.1) is 0 Å². The normalized spacial score (nSPS) is 17.2. The predicted molar refractivity (Wildman–Crippen MR) is 53.2 cm³/mol. The van der Waals surface area contributed by atoms with Gasteiger partial charge in [0, 0.05) is 18.5 Å². The van der Waals surface area contributed by atoms with Crippen molar-refractivity contribution in [1.82, 2.24) is 5.32 Å². The molecule has 0 atom stereocenters. The highest BCUT2D eigenvalue weighted by molar-refractivity contribution is 5.76. The Labute approximate surface area is 80.1 Å². The van der Waals surface area contributed by atoms with Gasteiger partial charge in [0.2, 0.25) is 5.91 Å². The quantitative estimate of drug-likeness (QED) is 0.670. The van der Waals surface area contributed by atoms with E-state index in [1.165, 1.54) is 12.8 Å². The van der Waals surface area contributed by atoms with Crippen LogP contribution < -0.4 is 11.1 Å². The van der Waals surface area contributed by atoms with Gasteiger partial charge in [-0.1, -0.05) is 12.8 Å². The second-order valence-electron chi connectivity index (χ2n) is 4.75. The lowest BCUT2D eigenvalue weighted by molar-refractivity contribution is -0.122. The first-order chi connectivity index (χ1) is 5.97. The van der Waals surface area contributed by atoms with Crippen LogP contribution in [0.3, 0.4) is 0 Å². The van der Waals surface area contributed by atoms with Gasteiger partial charge in [-0.3, -0.25) is 4.79 Å². The number of hydrogen-bond donors (Lipinski definition) is 2. The Bertz CT molecular complexity index is 180. The average Bonchev–Trinajstić information content (AvgIpc) is 2.66. The minimum atomic E-state index is -0.385. The smallest absolute Gasteiger partial charge is 0.221 e. The number of nitrogens with one attached hydrogen (secondary N) is 1. The molecule has 0 heterocycles. The molecule has 76 valence electrons. The van der Waals surface area contributed by atoms with Gasteiger partial charge in [0.1, 0.15) is 0 Å². The molecule has 0 aromatic heterocycles. The Morgan fingerprint density at radius 3 is 2.62 bits per heavy atom. The van der Waals surface area contributed by atoms with Crippen LogP contribution in [0.25, 0.3) is 0 Å². The van der Waals surface area contributed by atoms with Crippen molar-refractivity contribution >= 4 is 5.91 Å². The zero-order chi connectivity index (χ0) is 9.90. The molecule has 0 aromatic carbocycles. The van der Waals surface area contributed by atoms with Crippen LogP contribution in [0, 0.1) is 5.92 Å². The maximum Gasteiger partial charge on any atom is 0.221 e. The van der Waals surface area contributed by atoms with Crippen molar-refractivity contribution in [3.63, 3.8) is 0 Å². The molecule has 3 nitrogen and oxygen atoms in total. The van der Waals surface area contributed by atoms with Crippen molar-refractivity contribution in [1.29, 1.82) is 0 Å². The molecule has 1 saturated carbocycles. The van der Waals surface area contributed by atoms with Gasteiger partial charge in [0.05, 0.1) is 0 Å². The molecular weight excluding hydrogens is 164 g/mol. The van der Waals surface area contributed by atoms with Crippen LogP contribution in [0.15, 0.2) is 0 Å². The summed E-state index contributed by atoms with van der Waals surface area (Å²) < 4.78 is 0. The predicted octanol–water partition coefficient (Wildman–Crippen LogP) is 1.03. The molecular formula is C10H20N2O. The van der Waals surface area contributed by atoms with E-state index in [9.17, 15) is 4.79 Å². The molecule has 0 aromatic rings. The van der Waals surface area contributed by atoms with E-state index < -0.39 is 0 Å². The lowest BCUT2D eigenvalue weighted by Gasteiger charge is -2.17. The number of hydrogen-bond acceptors (Lipinski definition) is 2. The maximum absolute atomic E-state index is 11.3. The van der Waals surface area contributed by atoms with E-state index in [2.05, 4.69) is 5.32 Å². The van der Waals surface area contributed by atoms with E-state index in [4.69, 9.17) is 5.73 Å². The van der Waals surface area contributed by atoms with Gasteiger partial charge in [-0.05, 0) is 26.2 Å². The number of carbonyl (C=O) groups excluding carboxylic acids is 1. The average molecular weight is 184 g/mol. The van der Waals surface area contributed by atoms with Gasteiger partial charge in [0.25, 0.3) is 0 Å². The van der Waals surface area contributed by atoms with Gasteiger partial charge in [-0.25, -0.2) is 0 Å². The molecule has 13 heavy (non-hydrogen) atoms. The standard InChI is InChI=1S/C10H20N2O/c1-10(2,11)7-9(13)12-6-5-8-3-4-8/h8H,3-7,11H2,1-2H3,(H,12,13). The summed E-state index contributed by atoms with van der Waals surface area (Å²) in [5.74, 6) is 0.958. The van der Waals surface area contributed by atoms with E-state index in [1.54, 1.807) is 0 Å². The molecule has 0 aliphatic heterocycles. The van der Waals surface area contributed by atoms with Gasteiger partial charge in [-0.2, -0.15) is 0 Å². The Hall–Kier alpha value is -0.570. The largest absolute Gasteiger partial charge is 0.356 e. The molecule has 1 amide bonds. The maximum atomic E-state index is 11.3. The third kappa shape index (κ3) is 5.64. The molecule has 0 saturated heterocycles. The van der Waals surface area contributed by atoms with E-state index in [1.807, 2.05) is 13.8 Å². The van der Waals surface area contributed by atoms with Crippen molar-refractivity contribution in [3.8, 4) is 0 Å². The number of rotatable bonds is 5. The second kappa shape index (κ2) is 4.09. The Balaban J connectivity index is 2.02. The molecule has 0 bridgehead atoms. The first kappa shape index (κ1) is 10.5. The molecule has 3 heteroatoms. The van der Waals surface area contributed by atoms with Crippen LogP contribution in [0.4, 0.5) is 0 Å². The van der Waals surface area contributed by atoms with Gasteiger partial charge < -0.3 is 11.1 Å². The van der Waals surface area contributed by atoms with E-state index in [0.717, 1.165) is 18.9 Å². The summed E-state index contributed by atoms with van der Waals surface area (Å²) in [6.07, 6.45) is 4.24. The molecule has 1 aliphatic rings. The highest BCUT2D eigenvalue weighted by Crippen LogP contribution is 2.31. The monoisotopic (exact) mass is 184 g/mol. The summed E-state index contributed by atoms with van der Waals surface area (Å²) >= 11 is 0. The lowest BCUT2D eigenvalue weighted by Crippen LogP contribution is -2.39. The second-order valence-corrected chi connectivity index (χ2v) is 4.75. The lowest BCUT2D eigenvalue weighted by atomic mass is 10.0. The molecule has 1 rings (SSSR count). The van der Waals surface area contributed by atoms with Gasteiger partial charge >= 0.3 is 0 Å². The summed E-state index contributed by atoms with van der Waals surface area (Å²) in [6, 6.07) is 0. The summed E-state index contributed by atoms with van der Waals surface area (Å²) in [6.45, 7) is 4.56. The van der Waals surface area contributed by atoms with Gasteiger partial charge in [0.15, 0.2) is 0 Å². The molecule has 3 N–H and O–H groups in total. The van der Waals surface area contributed by atoms with Crippen molar-refractivity contribution in [2.24, 2.45) is 11.7 Å². The molecule has 0 unspecified atom stereocenters. The van der Waals surface area contributed by atoms with Crippen molar-refractivity contribution in [2.45, 2.75) is 45.1 Å². The zero-order valence-corrected chi connectivity index (χ0v) is 8.60. The third-order valence-electron chi connectivity index (χ3n) is 2.19. The first-order valence-corrected chi connectivity index (χ1v) is 5.03. The Kier molecular flexibility index (Phi) is 3.31. The van der Waals surface area contributed by atoms with E-state index in [0.29, 0.717) is 6.42 Å². The van der Waals surface area contributed by atoms with Crippen LogP contribution in [0.1, 0.15) is 39.5 Å². The fraction of sp³-hybridized carbons (Fsp3) is 0.900. The third-order valence-corrected chi connectivity index (χ3v) is 2.19. The van der Waals surface area contributed by atoms with Crippen LogP contribution >= 0.6 is 0 Å². The van der Waals surface area contributed by atoms with Crippen LogP contribution in [-0.2, 0) is 4.79 Å². The number of amides is 1. The Morgan fingerprint density at radius 1 is 1.54 bits per heavy atom. The fourth-order valence-corrected chi connectivity index (χ4v) is 1.30. The molecule has 1 aliphatic carbocycles. The summed E-state index contributed by atoms with van der Waals surface area (Å²) in [5, 5.41) is 2.89. The van der Waals surface area contributed by atoms with Crippen LogP contribution in [0.2, 0.25) is 0 Å². The highest BCUT2D eigenvalue weighted by Gasteiger charge is 2.21. The van der Waals surface area contributed by atoms with Crippen LogP contribution in [0.5, 0.6) is 0 Å². The summed E-state index contributed by atoms with van der Waals surface area (Å²) in [5.41, 5.74) is 5.33. The highest BCUT2D eigenvalue weighted by atomic mass is 16.1. The SMILES string of the molecule is CC(C)(N)CC(=O)NCCC1CC1. The van der Waals surface area contributed by atoms with Crippen molar-refractivity contribution < 1.29 is 4.79 Å². The number of nitrogens with two attached hydrogens (primary N) is 1. The molecule has 1 fully saturated rings. The molecule has 0 radical (unpaired) electrons. The zero-order valence-electron chi connectivity index (χ0n) is 8.60. The fourth-order valence-electron chi connectivity index (χ4n) is 1.30. The van der Waals surface area contributed by atoms with E-state index >= 15 is 0 Å². The topological polar surface area (TPSA) is 55.1 Å². The minimum absolute atomic E-state index is 0.0770. The Morgan fingerprint density at radius 2 is 2.15 bits per heavy atom.